The second-order valence-electron chi connectivity index (χ2n) is 5.82. The first-order valence-electron chi connectivity index (χ1n) is 8.18. The Morgan fingerprint density at radius 3 is 2.88 bits per heavy atom. The summed E-state index contributed by atoms with van der Waals surface area (Å²) in [5.41, 5.74) is 1.05. The first-order valence-corrected chi connectivity index (χ1v) is 8.56. The number of amides is 1. The molecule has 0 bridgehead atoms. The number of carbonyl (C=O) groups is 1. The van der Waals surface area contributed by atoms with Gasteiger partial charge >= 0.3 is 0 Å². The van der Waals surface area contributed by atoms with E-state index in [1.807, 2.05) is 6.92 Å². The van der Waals surface area contributed by atoms with Gasteiger partial charge in [-0.2, -0.15) is 4.98 Å². The first-order chi connectivity index (χ1) is 12.5. The van der Waals surface area contributed by atoms with E-state index in [2.05, 4.69) is 25.6 Å². The predicted molar refractivity (Wildman–Crippen MR) is 103 cm³/mol. The average Bonchev–Trinajstić information content (AvgIpc) is 2.61. The summed E-state index contributed by atoms with van der Waals surface area (Å²) in [4.78, 5) is 35.1. The molecule has 1 atom stereocenters. The summed E-state index contributed by atoms with van der Waals surface area (Å²) < 4.78 is 0. The van der Waals surface area contributed by atoms with Crippen LogP contribution in [0.15, 0.2) is 41.3 Å². The van der Waals surface area contributed by atoms with Crippen LogP contribution >= 0.6 is 11.6 Å². The average molecular weight is 372 g/mol. The van der Waals surface area contributed by atoms with Gasteiger partial charge in [-0.05, 0) is 37.3 Å². The second-order valence-corrected chi connectivity index (χ2v) is 6.26. The summed E-state index contributed by atoms with van der Waals surface area (Å²) in [6, 6.07) is 8.34. The number of H-pyrrole nitrogens is 1. The molecule has 0 spiro atoms. The van der Waals surface area contributed by atoms with Crippen LogP contribution in [0.5, 0.6) is 0 Å². The van der Waals surface area contributed by atoms with Gasteiger partial charge in [0.05, 0.1) is 6.04 Å². The minimum absolute atomic E-state index is 0.134. The fraction of sp³-hybridized carbons (Fsp3) is 0.222. The zero-order valence-corrected chi connectivity index (χ0v) is 15.1. The molecule has 3 aromatic rings. The molecule has 134 valence electrons. The van der Waals surface area contributed by atoms with Gasteiger partial charge in [0.25, 0.3) is 5.56 Å². The van der Waals surface area contributed by atoms with E-state index in [4.69, 9.17) is 11.6 Å². The number of aromatic nitrogens is 3. The molecular formula is C18H18ClN5O2. The highest BCUT2D eigenvalue weighted by molar-refractivity contribution is 6.31. The van der Waals surface area contributed by atoms with E-state index in [9.17, 15) is 9.59 Å². The number of nitrogens with one attached hydrogen (secondary N) is 3. The van der Waals surface area contributed by atoms with Crippen molar-refractivity contribution in [3.8, 4) is 0 Å². The Balaban J connectivity index is 1.86. The van der Waals surface area contributed by atoms with Gasteiger partial charge in [-0.1, -0.05) is 18.5 Å². The third kappa shape index (κ3) is 4.00. The van der Waals surface area contributed by atoms with Crippen molar-refractivity contribution in [2.45, 2.75) is 26.3 Å². The molecule has 7 nitrogen and oxygen atoms in total. The van der Waals surface area contributed by atoms with Crippen LogP contribution in [0.25, 0.3) is 10.9 Å². The van der Waals surface area contributed by atoms with E-state index in [1.165, 1.54) is 6.20 Å². The molecule has 26 heavy (non-hydrogen) atoms. The van der Waals surface area contributed by atoms with Crippen LogP contribution in [-0.2, 0) is 4.79 Å². The Kier molecular flexibility index (Phi) is 5.18. The standard InChI is InChI=1S/C18H18ClN5O2/c1-3-16(25)23-15-6-7-20-18(24-15)21-10(2)13-9-11-8-12(19)4-5-14(11)22-17(13)26/h4-10H,3H2,1-2H3,(H,22,26)(H2,20,21,23,24,25). The van der Waals surface area contributed by atoms with E-state index < -0.39 is 0 Å². The molecule has 3 N–H and O–H groups in total. The normalized spacial score (nSPS) is 12.0. The third-order valence-corrected chi connectivity index (χ3v) is 4.13. The van der Waals surface area contributed by atoms with Gasteiger partial charge in [0, 0.05) is 34.1 Å². The number of fused-ring (bicyclic) bond motifs is 1. The monoisotopic (exact) mass is 371 g/mol. The molecule has 1 amide bonds. The van der Waals surface area contributed by atoms with Crippen LogP contribution in [0.1, 0.15) is 31.9 Å². The van der Waals surface area contributed by atoms with Gasteiger partial charge < -0.3 is 15.6 Å². The van der Waals surface area contributed by atoms with E-state index in [0.717, 1.165) is 10.9 Å². The van der Waals surface area contributed by atoms with E-state index in [0.29, 0.717) is 28.8 Å². The SMILES string of the molecule is CCC(=O)Nc1ccnc(NC(C)c2cc3cc(Cl)ccc3[nH]c2=O)n1. The Hall–Kier alpha value is -2.93. The van der Waals surface area contributed by atoms with Gasteiger partial charge in [-0.3, -0.25) is 9.59 Å². The van der Waals surface area contributed by atoms with Crippen LogP contribution in [0.2, 0.25) is 5.02 Å². The van der Waals surface area contributed by atoms with Gasteiger partial charge in [0.2, 0.25) is 11.9 Å². The van der Waals surface area contributed by atoms with Crippen LogP contribution in [-0.4, -0.2) is 20.9 Å². The fourth-order valence-corrected chi connectivity index (χ4v) is 2.70. The van der Waals surface area contributed by atoms with Gasteiger partial charge in [0.1, 0.15) is 5.82 Å². The summed E-state index contributed by atoms with van der Waals surface area (Å²) in [6.07, 6.45) is 1.90. The molecule has 2 heterocycles. The highest BCUT2D eigenvalue weighted by Gasteiger charge is 2.13. The smallest absolute Gasteiger partial charge is 0.253 e. The van der Waals surface area contributed by atoms with Crippen molar-refractivity contribution in [3.63, 3.8) is 0 Å². The van der Waals surface area contributed by atoms with Crippen molar-refractivity contribution in [3.05, 3.63) is 57.5 Å². The second kappa shape index (κ2) is 7.53. The highest BCUT2D eigenvalue weighted by Crippen LogP contribution is 2.21. The maximum Gasteiger partial charge on any atom is 0.253 e. The largest absolute Gasteiger partial charge is 0.347 e. The Labute approximate surface area is 154 Å². The first kappa shape index (κ1) is 17.9. The Morgan fingerprint density at radius 1 is 1.31 bits per heavy atom. The number of nitrogens with zero attached hydrogens (tertiary/aromatic N) is 2. The minimum atomic E-state index is -0.348. The topological polar surface area (TPSA) is 99.8 Å². The summed E-state index contributed by atoms with van der Waals surface area (Å²) in [5, 5.41) is 7.19. The zero-order chi connectivity index (χ0) is 18.7. The lowest BCUT2D eigenvalue weighted by atomic mass is 10.1. The molecule has 0 saturated carbocycles. The van der Waals surface area contributed by atoms with Crippen molar-refractivity contribution >= 4 is 40.2 Å². The lowest BCUT2D eigenvalue weighted by Gasteiger charge is -2.14. The number of hydrogen-bond acceptors (Lipinski definition) is 5. The zero-order valence-electron chi connectivity index (χ0n) is 14.3. The predicted octanol–water partition coefficient (Wildman–Crippen LogP) is 3.49. The number of hydrogen-bond donors (Lipinski definition) is 3. The lowest BCUT2D eigenvalue weighted by molar-refractivity contribution is -0.115. The van der Waals surface area contributed by atoms with Crippen molar-refractivity contribution in [1.29, 1.82) is 0 Å². The highest BCUT2D eigenvalue weighted by atomic mass is 35.5. The van der Waals surface area contributed by atoms with Gasteiger partial charge in [-0.15, -0.1) is 0 Å². The van der Waals surface area contributed by atoms with Crippen LogP contribution < -0.4 is 16.2 Å². The molecule has 0 saturated heterocycles. The quantitative estimate of drug-likeness (QED) is 0.637. The number of aromatic amines is 1. The number of pyridine rings is 1. The molecule has 0 aliphatic rings. The van der Waals surface area contributed by atoms with Crippen LogP contribution in [0, 0.1) is 0 Å². The molecule has 0 aliphatic heterocycles. The molecule has 0 radical (unpaired) electrons. The molecule has 0 aliphatic carbocycles. The number of benzene rings is 1. The van der Waals surface area contributed by atoms with Gasteiger partial charge in [-0.25, -0.2) is 4.98 Å². The van der Waals surface area contributed by atoms with Crippen LogP contribution in [0.4, 0.5) is 11.8 Å². The molecule has 0 fully saturated rings. The minimum Gasteiger partial charge on any atom is -0.347 e. The number of rotatable bonds is 5. The summed E-state index contributed by atoms with van der Waals surface area (Å²) in [5.74, 6) is 0.586. The van der Waals surface area contributed by atoms with E-state index in [1.54, 1.807) is 37.3 Å². The maximum absolute atomic E-state index is 12.4. The number of halogens is 1. The Bertz CT molecular complexity index is 1020. The summed E-state index contributed by atoms with van der Waals surface area (Å²) in [7, 11) is 0. The van der Waals surface area contributed by atoms with Crippen molar-refractivity contribution in [1.82, 2.24) is 15.0 Å². The Morgan fingerprint density at radius 2 is 2.12 bits per heavy atom. The number of anilines is 2. The molecule has 3 rings (SSSR count). The van der Waals surface area contributed by atoms with Crippen molar-refractivity contribution in [2.24, 2.45) is 0 Å². The fourth-order valence-electron chi connectivity index (χ4n) is 2.52. The molecule has 8 heteroatoms. The molecular weight excluding hydrogens is 354 g/mol. The third-order valence-electron chi connectivity index (χ3n) is 3.89. The number of carbonyl (C=O) groups excluding carboxylic acids is 1. The lowest BCUT2D eigenvalue weighted by Crippen LogP contribution is -2.20. The van der Waals surface area contributed by atoms with E-state index in [-0.39, 0.29) is 17.5 Å². The molecule has 1 unspecified atom stereocenters. The van der Waals surface area contributed by atoms with Crippen molar-refractivity contribution < 1.29 is 4.79 Å². The van der Waals surface area contributed by atoms with Crippen LogP contribution in [0.3, 0.4) is 0 Å². The molecule has 1 aromatic carbocycles. The summed E-state index contributed by atoms with van der Waals surface area (Å²) in [6.45, 7) is 3.59. The van der Waals surface area contributed by atoms with Crippen molar-refractivity contribution in [2.75, 3.05) is 10.6 Å². The molecule has 2 aromatic heterocycles. The van der Waals surface area contributed by atoms with E-state index >= 15 is 0 Å². The van der Waals surface area contributed by atoms with Gasteiger partial charge in [0.15, 0.2) is 0 Å². The summed E-state index contributed by atoms with van der Waals surface area (Å²) >= 11 is 6.03. The maximum atomic E-state index is 12.4.